The monoisotopic (exact) mass is 326 g/mol. The molecule has 8 heteroatoms. The number of anilines is 1. The fraction of sp³-hybridized carbons (Fsp3) is 0.308. The zero-order valence-electron chi connectivity index (χ0n) is 11.3. The largest absolute Gasteiger partial charge is 0.282 e. The molecule has 1 aliphatic rings. The van der Waals surface area contributed by atoms with Crippen LogP contribution in [-0.4, -0.2) is 38.6 Å². The molecular weight excluding hydrogens is 312 g/mol. The highest BCUT2D eigenvalue weighted by Gasteiger charge is 2.42. The highest BCUT2D eigenvalue weighted by molar-refractivity contribution is 8.00. The maximum atomic E-state index is 12.1. The molecule has 0 bridgehead atoms. The highest BCUT2D eigenvalue weighted by atomic mass is 32.2. The van der Waals surface area contributed by atoms with Crippen molar-refractivity contribution in [2.45, 2.75) is 12.2 Å². The van der Waals surface area contributed by atoms with Crippen LogP contribution in [0, 0.1) is 6.92 Å². The van der Waals surface area contributed by atoms with Crippen molar-refractivity contribution in [2.24, 2.45) is 0 Å². The fourth-order valence-corrected chi connectivity index (χ4v) is 6.57. The van der Waals surface area contributed by atoms with Crippen LogP contribution in [0.4, 0.5) is 5.69 Å². The Labute approximate surface area is 123 Å². The first-order chi connectivity index (χ1) is 9.75. The van der Waals surface area contributed by atoms with E-state index in [2.05, 4.69) is 9.71 Å². The van der Waals surface area contributed by atoms with Crippen molar-refractivity contribution in [3.05, 3.63) is 36.0 Å². The van der Waals surface area contributed by atoms with Crippen molar-refractivity contribution in [1.82, 2.24) is 4.98 Å². The Bertz CT molecular complexity index is 908. The van der Waals surface area contributed by atoms with Crippen LogP contribution in [0.1, 0.15) is 5.56 Å². The summed E-state index contributed by atoms with van der Waals surface area (Å²) in [5, 5.41) is -0.0489. The van der Waals surface area contributed by atoms with Gasteiger partial charge >= 0.3 is 0 Å². The number of aromatic nitrogens is 1. The zero-order valence-corrected chi connectivity index (χ0v) is 12.9. The van der Waals surface area contributed by atoms with E-state index in [9.17, 15) is 16.8 Å². The van der Waals surface area contributed by atoms with E-state index in [1.54, 1.807) is 6.07 Å². The summed E-state index contributed by atoms with van der Waals surface area (Å²) in [5.41, 5.74) is 2.17. The lowest BCUT2D eigenvalue weighted by molar-refractivity contribution is 0.562. The van der Waals surface area contributed by atoms with Crippen LogP contribution in [0.3, 0.4) is 0 Å². The van der Waals surface area contributed by atoms with E-state index in [1.807, 2.05) is 25.1 Å². The molecule has 0 atom stereocenters. The molecule has 0 spiro atoms. The number of hydrogen-bond acceptors (Lipinski definition) is 5. The molecule has 1 fully saturated rings. The van der Waals surface area contributed by atoms with Crippen molar-refractivity contribution in [3.8, 4) is 0 Å². The molecule has 3 rings (SSSR count). The van der Waals surface area contributed by atoms with E-state index in [4.69, 9.17) is 0 Å². The lowest BCUT2D eigenvalue weighted by atomic mass is 10.1. The molecule has 112 valence electrons. The topological polar surface area (TPSA) is 93.2 Å². The van der Waals surface area contributed by atoms with Gasteiger partial charge in [-0.15, -0.1) is 0 Å². The summed E-state index contributed by atoms with van der Waals surface area (Å²) in [6, 6.07) is 7.40. The van der Waals surface area contributed by atoms with Gasteiger partial charge in [0.2, 0.25) is 10.0 Å². The third-order valence-electron chi connectivity index (χ3n) is 3.42. The first kappa shape index (κ1) is 14.3. The lowest BCUT2D eigenvalue weighted by Gasteiger charge is -2.25. The van der Waals surface area contributed by atoms with Crippen molar-refractivity contribution in [1.29, 1.82) is 0 Å². The standard InChI is InChI=1S/C13H14N2O4S2/c1-9-2-3-13-10(4-9)5-11(6-14-13)15-21(18,19)12-7-20(16,17)8-12/h2-6,12,15H,7-8H2,1H3. The molecule has 0 unspecified atom stereocenters. The van der Waals surface area contributed by atoms with Crippen LogP contribution in [0.5, 0.6) is 0 Å². The Morgan fingerprint density at radius 2 is 1.95 bits per heavy atom. The normalized spacial score (nSPS) is 18.3. The Hall–Kier alpha value is -1.67. The molecule has 1 aliphatic heterocycles. The number of nitrogens with zero attached hydrogens (tertiary/aromatic N) is 1. The number of sulfone groups is 1. The third kappa shape index (κ3) is 2.86. The molecular formula is C13H14N2O4S2. The van der Waals surface area contributed by atoms with Gasteiger partial charge in [-0.25, -0.2) is 16.8 Å². The molecule has 6 nitrogen and oxygen atoms in total. The minimum absolute atomic E-state index is 0.317. The van der Waals surface area contributed by atoms with Crippen LogP contribution in [0.2, 0.25) is 0 Å². The van der Waals surface area contributed by atoms with Crippen molar-refractivity contribution in [2.75, 3.05) is 16.2 Å². The Balaban J connectivity index is 1.88. The maximum Gasteiger partial charge on any atom is 0.237 e. The van der Waals surface area contributed by atoms with Gasteiger partial charge in [0, 0.05) is 5.39 Å². The number of sulfonamides is 1. The number of aryl methyl sites for hydroxylation is 1. The average molecular weight is 326 g/mol. The van der Waals surface area contributed by atoms with E-state index in [1.165, 1.54) is 6.20 Å². The maximum absolute atomic E-state index is 12.1. The van der Waals surface area contributed by atoms with Gasteiger partial charge in [-0.3, -0.25) is 9.71 Å². The molecule has 21 heavy (non-hydrogen) atoms. The van der Waals surface area contributed by atoms with Gasteiger partial charge in [-0.2, -0.15) is 0 Å². The molecule has 0 amide bonds. The van der Waals surface area contributed by atoms with E-state index in [0.29, 0.717) is 5.69 Å². The fourth-order valence-electron chi connectivity index (χ4n) is 2.25. The predicted octanol–water partition coefficient (Wildman–Crippen LogP) is 1.08. The van der Waals surface area contributed by atoms with Crippen LogP contribution in [-0.2, 0) is 19.9 Å². The summed E-state index contributed by atoms with van der Waals surface area (Å²) in [6.45, 7) is 1.94. The van der Waals surface area contributed by atoms with Crippen LogP contribution < -0.4 is 4.72 Å². The van der Waals surface area contributed by atoms with E-state index in [-0.39, 0.29) is 11.5 Å². The van der Waals surface area contributed by atoms with Gasteiger partial charge < -0.3 is 0 Å². The second-order valence-corrected chi connectivity index (χ2v) is 9.38. The minimum Gasteiger partial charge on any atom is -0.282 e. The van der Waals surface area contributed by atoms with E-state index < -0.39 is 25.1 Å². The van der Waals surface area contributed by atoms with Gasteiger partial charge in [-0.05, 0) is 25.1 Å². The van der Waals surface area contributed by atoms with Gasteiger partial charge in [0.05, 0.1) is 28.9 Å². The van der Waals surface area contributed by atoms with Crippen LogP contribution >= 0.6 is 0 Å². The molecule has 0 radical (unpaired) electrons. The summed E-state index contributed by atoms with van der Waals surface area (Å²) >= 11 is 0. The number of fused-ring (bicyclic) bond motifs is 1. The number of pyridine rings is 1. The van der Waals surface area contributed by atoms with Gasteiger partial charge in [0.25, 0.3) is 0 Å². The summed E-state index contributed by atoms with van der Waals surface area (Å²) < 4.78 is 48.8. The second kappa shape index (κ2) is 4.67. The number of nitrogens with one attached hydrogen (secondary N) is 1. The smallest absolute Gasteiger partial charge is 0.237 e. The number of benzene rings is 1. The van der Waals surface area contributed by atoms with Crippen LogP contribution in [0.15, 0.2) is 30.5 Å². The Morgan fingerprint density at radius 1 is 1.24 bits per heavy atom. The third-order valence-corrected chi connectivity index (χ3v) is 7.39. The van der Waals surface area contributed by atoms with Crippen molar-refractivity contribution < 1.29 is 16.8 Å². The number of hydrogen-bond donors (Lipinski definition) is 1. The molecule has 0 aliphatic carbocycles. The summed E-state index contributed by atoms with van der Waals surface area (Å²) in [4.78, 5) is 4.19. The lowest BCUT2D eigenvalue weighted by Crippen LogP contribution is -2.48. The molecule has 2 heterocycles. The van der Waals surface area contributed by atoms with Gasteiger partial charge in [0.1, 0.15) is 5.25 Å². The molecule has 1 saturated heterocycles. The average Bonchev–Trinajstić information content (AvgIpc) is 2.35. The predicted molar refractivity (Wildman–Crippen MR) is 81.5 cm³/mol. The highest BCUT2D eigenvalue weighted by Crippen LogP contribution is 2.23. The Morgan fingerprint density at radius 3 is 2.62 bits per heavy atom. The molecule has 1 N–H and O–H groups in total. The second-order valence-electron chi connectivity index (χ2n) is 5.27. The first-order valence-electron chi connectivity index (χ1n) is 6.34. The summed E-state index contributed by atoms with van der Waals surface area (Å²) in [6.07, 6.45) is 1.43. The van der Waals surface area contributed by atoms with Crippen molar-refractivity contribution >= 4 is 36.5 Å². The SMILES string of the molecule is Cc1ccc2ncc(NS(=O)(=O)C3CS(=O)(=O)C3)cc2c1. The zero-order chi connectivity index (χ0) is 15.3. The first-order valence-corrected chi connectivity index (χ1v) is 9.70. The summed E-state index contributed by atoms with van der Waals surface area (Å²) in [7, 11) is -6.88. The van der Waals surface area contributed by atoms with Gasteiger partial charge in [-0.1, -0.05) is 11.6 Å². The molecule has 2 aromatic rings. The molecule has 0 saturated carbocycles. The Kier molecular flexibility index (Phi) is 3.18. The minimum atomic E-state index is -3.70. The van der Waals surface area contributed by atoms with E-state index in [0.717, 1.165) is 16.5 Å². The van der Waals surface area contributed by atoms with E-state index >= 15 is 0 Å². The van der Waals surface area contributed by atoms with Crippen molar-refractivity contribution in [3.63, 3.8) is 0 Å². The van der Waals surface area contributed by atoms with Crippen LogP contribution in [0.25, 0.3) is 10.9 Å². The number of rotatable bonds is 3. The van der Waals surface area contributed by atoms with Gasteiger partial charge in [0.15, 0.2) is 9.84 Å². The molecule has 1 aromatic carbocycles. The summed E-state index contributed by atoms with van der Waals surface area (Å²) in [5.74, 6) is -0.634. The molecule has 1 aromatic heterocycles. The quantitative estimate of drug-likeness (QED) is 0.911.